The number of fused-ring (bicyclic) bond motifs is 1. The first kappa shape index (κ1) is 21.3. The average Bonchev–Trinajstić information content (AvgIpc) is 2.74. The summed E-state index contributed by atoms with van der Waals surface area (Å²) in [4.78, 5) is 2.15. The third-order valence-electron chi connectivity index (χ3n) is 4.67. The summed E-state index contributed by atoms with van der Waals surface area (Å²) < 4.78 is 24.8. The maximum atomic E-state index is 6.06. The van der Waals surface area contributed by atoms with E-state index in [-0.39, 0.29) is 0 Å². The quantitative estimate of drug-likeness (QED) is 0.727. The molecule has 6 heteroatoms. The monoisotopic (exact) mass is 399 g/mol. The van der Waals surface area contributed by atoms with E-state index in [1.54, 1.807) is 0 Å². The van der Waals surface area contributed by atoms with Crippen molar-refractivity contribution in [2.45, 2.75) is 0 Å². The Morgan fingerprint density at radius 1 is 0.793 bits per heavy atom. The Morgan fingerprint density at radius 3 is 2.14 bits per heavy atom. The summed E-state index contributed by atoms with van der Waals surface area (Å²) in [6, 6.07) is 10.5. The van der Waals surface area contributed by atoms with E-state index in [1.807, 2.05) is 24.0 Å². The summed E-state index contributed by atoms with van der Waals surface area (Å²) in [6.45, 7) is 4.78. The molecule has 2 aromatic rings. The van der Waals surface area contributed by atoms with Crippen LogP contribution in [0.1, 0.15) is 11.1 Å². The van der Waals surface area contributed by atoms with Crippen LogP contribution in [0.2, 0.25) is 0 Å². The van der Waals surface area contributed by atoms with Gasteiger partial charge in [0.15, 0.2) is 12.4 Å². The number of aromatic nitrogens is 1. The Morgan fingerprint density at radius 2 is 1.41 bits per heavy atom. The highest BCUT2D eigenvalue weighted by molar-refractivity contribution is 5.72. The van der Waals surface area contributed by atoms with Gasteiger partial charge in [0.1, 0.15) is 19.4 Å². The van der Waals surface area contributed by atoms with Crippen molar-refractivity contribution < 1.29 is 23.5 Å². The number of rotatable bonds is 2. The summed E-state index contributed by atoms with van der Waals surface area (Å²) in [6.07, 6.45) is 8.29. The second-order valence-electron chi connectivity index (χ2n) is 6.96. The first-order valence-electron chi connectivity index (χ1n) is 10.1. The molecular formula is C23H31N2O4+. The van der Waals surface area contributed by atoms with Crippen molar-refractivity contribution in [1.82, 2.24) is 0 Å². The van der Waals surface area contributed by atoms with Crippen molar-refractivity contribution in [3.05, 3.63) is 53.9 Å². The zero-order valence-electron chi connectivity index (χ0n) is 17.4. The number of hydrogen-bond donors (Lipinski definition) is 0. The Labute approximate surface area is 173 Å². The minimum Gasteiger partial charge on any atom is -0.489 e. The van der Waals surface area contributed by atoms with Gasteiger partial charge in [-0.05, 0) is 23.3 Å². The molecule has 0 radical (unpaired) electrons. The molecule has 156 valence electrons. The summed E-state index contributed by atoms with van der Waals surface area (Å²) in [5.41, 5.74) is 3.29. The van der Waals surface area contributed by atoms with Crippen LogP contribution in [0.3, 0.4) is 0 Å². The molecule has 1 aliphatic heterocycles. The Balaban J connectivity index is 1.73. The molecule has 0 fully saturated rings. The Bertz CT molecular complexity index is 777. The van der Waals surface area contributed by atoms with Crippen molar-refractivity contribution in [2.24, 2.45) is 7.05 Å². The van der Waals surface area contributed by atoms with Gasteiger partial charge < -0.3 is 23.8 Å². The summed E-state index contributed by atoms with van der Waals surface area (Å²) >= 11 is 0. The normalized spacial score (nSPS) is 17.2. The standard InChI is InChI=1S/C23H31N2O4/c1-24-9-7-20(8-10-24)3-4-21-5-6-22-23(19-21)29-18-17-28-16-15-27-14-13-26-12-11-25(22)2/h3-10,19H,11-18H2,1-2H3/q+1. The molecule has 0 atom stereocenters. The van der Waals surface area contributed by atoms with Crippen LogP contribution in [0.25, 0.3) is 12.2 Å². The van der Waals surface area contributed by atoms with Crippen molar-refractivity contribution in [1.29, 1.82) is 0 Å². The molecule has 0 aliphatic carbocycles. The minimum atomic E-state index is 0.500. The molecule has 0 bridgehead atoms. The number of pyridine rings is 1. The van der Waals surface area contributed by atoms with Crippen LogP contribution in [-0.2, 0) is 21.3 Å². The maximum Gasteiger partial charge on any atom is 0.169 e. The van der Waals surface area contributed by atoms with E-state index in [2.05, 4.69) is 54.4 Å². The van der Waals surface area contributed by atoms with Gasteiger partial charge in [0.25, 0.3) is 0 Å². The molecule has 0 saturated heterocycles. The van der Waals surface area contributed by atoms with Crippen LogP contribution in [0.4, 0.5) is 5.69 Å². The third kappa shape index (κ3) is 7.16. The minimum absolute atomic E-state index is 0.500. The van der Waals surface area contributed by atoms with Gasteiger partial charge >= 0.3 is 0 Å². The Hall–Kier alpha value is -2.41. The van der Waals surface area contributed by atoms with Crippen molar-refractivity contribution in [3.8, 4) is 5.75 Å². The second-order valence-corrected chi connectivity index (χ2v) is 6.96. The van der Waals surface area contributed by atoms with Gasteiger partial charge in [-0.25, -0.2) is 4.57 Å². The molecule has 3 rings (SSSR count). The third-order valence-corrected chi connectivity index (χ3v) is 4.67. The predicted octanol–water partition coefficient (Wildman–Crippen LogP) is 2.56. The molecule has 29 heavy (non-hydrogen) atoms. The van der Waals surface area contributed by atoms with Crippen LogP contribution in [-0.4, -0.2) is 59.8 Å². The number of likely N-dealkylation sites (N-methyl/N-ethyl adjacent to an activating group) is 1. The number of nitrogens with zero attached hydrogens (tertiary/aromatic N) is 2. The van der Waals surface area contributed by atoms with Crippen LogP contribution in [0.5, 0.6) is 5.75 Å². The highest BCUT2D eigenvalue weighted by Crippen LogP contribution is 2.29. The highest BCUT2D eigenvalue weighted by Gasteiger charge is 2.10. The van der Waals surface area contributed by atoms with E-state index in [9.17, 15) is 0 Å². The average molecular weight is 400 g/mol. The molecule has 2 heterocycles. The van der Waals surface area contributed by atoms with E-state index in [0.29, 0.717) is 46.2 Å². The largest absolute Gasteiger partial charge is 0.489 e. The lowest BCUT2D eigenvalue weighted by Gasteiger charge is -2.22. The molecule has 0 spiro atoms. The fourth-order valence-corrected chi connectivity index (χ4v) is 2.96. The van der Waals surface area contributed by atoms with Gasteiger partial charge in [0, 0.05) is 25.7 Å². The van der Waals surface area contributed by atoms with Gasteiger partial charge in [-0.3, -0.25) is 0 Å². The summed E-state index contributed by atoms with van der Waals surface area (Å²) in [5.74, 6) is 0.851. The van der Waals surface area contributed by atoms with Crippen LogP contribution < -0.4 is 14.2 Å². The summed E-state index contributed by atoms with van der Waals surface area (Å²) in [7, 11) is 4.06. The smallest absolute Gasteiger partial charge is 0.169 e. The van der Waals surface area contributed by atoms with E-state index in [0.717, 1.165) is 29.1 Å². The zero-order chi connectivity index (χ0) is 20.3. The second kappa shape index (κ2) is 11.6. The van der Waals surface area contributed by atoms with E-state index >= 15 is 0 Å². The van der Waals surface area contributed by atoms with E-state index in [4.69, 9.17) is 18.9 Å². The fourth-order valence-electron chi connectivity index (χ4n) is 2.96. The van der Waals surface area contributed by atoms with Gasteiger partial charge in [-0.2, -0.15) is 0 Å². The highest BCUT2D eigenvalue weighted by atomic mass is 16.6. The SMILES string of the molecule is CN1CCOCCOCCOCCOc2cc(/C=C/c3cc[n+](C)cc3)ccc21. The molecule has 0 unspecified atom stereocenters. The number of aryl methyl sites for hydroxylation is 1. The molecule has 1 aromatic carbocycles. The van der Waals surface area contributed by atoms with E-state index in [1.165, 1.54) is 0 Å². The first-order chi connectivity index (χ1) is 14.2. The fraction of sp³-hybridized carbons (Fsp3) is 0.435. The van der Waals surface area contributed by atoms with Crippen molar-refractivity contribution in [3.63, 3.8) is 0 Å². The van der Waals surface area contributed by atoms with Crippen molar-refractivity contribution in [2.75, 3.05) is 64.7 Å². The number of hydrogen-bond acceptors (Lipinski definition) is 5. The number of benzene rings is 1. The topological polar surface area (TPSA) is 44.0 Å². The maximum absolute atomic E-state index is 6.06. The molecule has 1 aromatic heterocycles. The molecule has 1 aliphatic rings. The lowest BCUT2D eigenvalue weighted by molar-refractivity contribution is -0.671. The predicted molar refractivity (Wildman–Crippen MR) is 114 cm³/mol. The van der Waals surface area contributed by atoms with Gasteiger partial charge in [-0.1, -0.05) is 18.2 Å². The number of ether oxygens (including phenoxy) is 4. The van der Waals surface area contributed by atoms with Crippen LogP contribution in [0.15, 0.2) is 42.7 Å². The van der Waals surface area contributed by atoms with Gasteiger partial charge in [-0.15, -0.1) is 0 Å². The molecule has 0 amide bonds. The molecule has 0 saturated carbocycles. The molecule has 6 nitrogen and oxygen atoms in total. The van der Waals surface area contributed by atoms with Gasteiger partial charge in [0.2, 0.25) is 0 Å². The molecular weight excluding hydrogens is 368 g/mol. The lowest BCUT2D eigenvalue weighted by Crippen LogP contribution is -2.25. The Kier molecular flexibility index (Phi) is 8.49. The van der Waals surface area contributed by atoms with Gasteiger partial charge in [0.05, 0.1) is 45.3 Å². The van der Waals surface area contributed by atoms with E-state index < -0.39 is 0 Å². The first-order valence-corrected chi connectivity index (χ1v) is 10.1. The lowest BCUT2D eigenvalue weighted by atomic mass is 10.1. The summed E-state index contributed by atoms with van der Waals surface area (Å²) in [5, 5.41) is 0. The zero-order valence-corrected chi connectivity index (χ0v) is 17.4. The number of anilines is 1. The van der Waals surface area contributed by atoms with Crippen LogP contribution >= 0.6 is 0 Å². The molecule has 0 N–H and O–H groups in total. The van der Waals surface area contributed by atoms with Crippen molar-refractivity contribution >= 4 is 17.8 Å². The van der Waals surface area contributed by atoms with Crippen LogP contribution in [0, 0.1) is 0 Å².